The first kappa shape index (κ1) is 11.8. The lowest BCUT2D eigenvalue weighted by Gasteiger charge is -2.02. The molecule has 0 aliphatic heterocycles. The monoisotopic (exact) mass is 221 g/mol. The second-order valence-corrected chi connectivity index (χ2v) is 2.74. The number of benzene rings is 1. The zero-order valence-electron chi connectivity index (χ0n) is 8.67. The van der Waals surface area contributed by atoms with E-state index in [9.17, 15) is 9.59 Å². The van der Waals surface area contributed by atoms with Gasteiger partial charge in [0.25, 0.3) is 5.91 Å². The van der Waals surface area contributed by atoms with Gasteiger partial charge in [0.2, 0.25) is 0 Å². The Morgan fingerprint density at radius 3 is 2.56 bits per heavy atom. The Kier molecular flexibility index (Phi) is 4.59. The predicted molar refractivity (Wildman–Crippen MR) is 56.1 cm³/mol. The van der Waals surface area contributed by atoms with Crippen LogP contribution in [0.3, 0.4) is 0 Å². The van der Waals surface area contributed by atoms with E-state index in [-0.39, 0.29) is 0 Å². The molecule has 0 heterocycles. The van der Waals surface area contributed by atoms with Gasteiger partial charge >= 0.3 is 5.97 Å². The third-order valence-corrected chi connectivity index (χ3v) is 1.66. The molecular weight excluding hydrogens is 210 g/mol. The molecule has 0 aliphatic rings. The van der Waals surface area contributed by atoms with Crippen molar-refractivity contribution in [3.05, 3.63) is 48.2 Å². The lowest BCUT2D eigenvalue weighted by Crippen LogP contribution is -2.21. The van der Waals surface area contributed by atoms with Crippen LogP contribution in [-0.2, 0) is 14.4 Å². The molecule has 0 fully saturated rings. The van der Waals surface area contributed by atoms with Crippen molar-refractivity contribution in [3.8, 4) is 0 Å². The van der Waals surface area contributed by atoms with Crippen molar-refractivity contribution >= 4 is 11.9 Å². The summed E-state index contributed by atoms with van der Waals surface area (Å²) in [7, 11) is 1.25. The van der Waals surface area contributed by atoms with Crippen LogP contribution in [-0.4, -0.2) is 19.0 Å². The van der Waals surface area contributed by atoms with Crippen LogP contribution in [0.2, 0.25) is 0 Å². The topological polar surface area (TPSA) is 64.6 Å². The van der Waals surface area contributed by atoms with Crippen LogP contribution in [0.1, 0.15) is 10.4 Å². The van der Waals surface area contributed by atoms with Gasteiger partial charge < -0.3 is 9.57 Å². The van der Waals surface area contributed by atoms with E-state index in [1.165, 1.54) is 7.11 Å². The average molecular weight is 221 g/mol. The van der Waals surface area contributed by atoms with E-state index in [1.54, 1.807) is 30.3 Å². The summed E-state index contributed by atoms with van der Waals surface area (Å²) in [6, 6.07) is 8.55. The van der Waals surface area contributed by atoms with Gasteiger partial charge in [-0.2, -0.15) is 5.48 Å². The van der Waals surface area contributed by atoms with Gasteiger partial charge in [-0.1, -0.05) is 18.2 Å². The Balaban J connectivity index is 2.37. The van der Waals surface area contributed by atoms with Crippen LogP contribution in [0.5, 0.6) is 0 Å². The average Bonchev–Trinajstić information content (AvgIpc) is 2.35. The Labute approximate surface area is 92.6 Å². The van der Waals surface area contributed by atoms with Crippen molar-refractivity contribution in [1.82, 2.24) is 5.48 Å². The van der Waals surface area contributed by atoms with Gasteiger partial charge in [-0.15, -0.1) is 0 Å². The van der Waals surface area contributed by atoms with Gasteiger partial charge in [0.05, 0.1) is 13.2 Å². The highest BCUT2D eigenvalue weighted by Gasteiger charge is 2.02. The molecule has 0 aliphatic carbocycles. The summed E-state index contributed by atoms with van der Waals surface area (Å²) in [5.74, 6) is -0.955. The third kappa shape index (κ3) is 3.83. The molecule has 1 aromatic rings. The fourth-order valence-electron chi connectivity index (χ4n) is 0.894. The van der Waals surface area contributed by atoms with E-state index in [2.05, 4.69) is 15.1 Å². The number of hydroxylamine groups is 1. The summed E-state index contributed by atoms with van der Waals surface area (Å²) in [4.78, 5) is 26.6. The van der Waals surface area contributed by atoms with Crippen LogP contribution in [0.4, 0.5) is 0 Å². The molecule has 0 saturated heterocycles. The summed E-state index contributed by atoms with van der Waals surface area (Å²) >= 11 is 0. The number of carbonyl (C=O) groups is 2. The van der Waals surface area contributed by atoms with Crippen LogP contribution in [0.25, 0.3) is 0 Å². The zero-order valence-corrected chi connectivity index (χ0v) is 8.67. The first-order valence-electron chi connectivity index (χ1n) is 4.49. The fourth-order valence-corrected chi connectivity index (χ4v) is 0.894. The van der Waals surface area contributed by atoms with Crippen molar-refractivity contribution in [3.63, 3.8) is 0 Å². The van der Waals surface area contributed by atoms with Crippen molar-refractivity contribution in [2.75, 3.05) is 7.11 Å². The van der Waals surface area contributed by atoms with Crippen LogP contribution in [0.15, 0.2) is 42.7 Å². The molecule has 0 aromatic heterocycles. The summed E-state index contributed by atoms with van der Waals surface area (Å²) in [6.45, 7) is 0. The summed E-state index contributed by atoms with van der Waals surface area (Å²) in [6.07, 6.45) is 2.08. The maximum absolute atomic E-state index is 11.4. The molecule has 0 bridgehead atoms. The minimum Gasteiger partial charge on any atom is -0.466 e. The van der Waals surface area contributed by atoms with Crippen LogP contribution in [0, 0.1) is 0 Å². The van der Waals surface area contributed by atoms with Gasteiger partial charge in [0.15, 0.2) is 0 Å². The Morgan fingerprint density at radius 1 is 1.25 bits per heavy atom. The fraction of sp³-hybridized carbons (Fsp3) is 0.0909. The molecule has 0 unspecified atom stereocenters. The van der Waals surface area contributed by atoms with E-state index >= 15 is 0 Å². The molecule has 1 amide bonds. The van der Waals surface area contributed by atoms with E-state index in [1.807, 2.05) is 0 Å². The molecule has 0 atom stereocenters. The number of ether oxygens (including phenoxy) is 1. The lowest BCUT2D eigenvalue weighted by molar-refractivity contribution is -0.135. The predicted octanol–water partition coefficient (Wildman–Crippen LogP) is 1.03. The second-order valence-electron chi connectivity index (χ2n) is 2.74. The molecule has 5 heteroatoms. The summed E-state index contributed by atoms with van der Waals surface area (Å²) in [5.41, 5.74) is 2.61. The minimum absolute atomic E-state index is 0.393. The summed E-state index contributed by atoms with van der Waals surface area (Å²) in [5, 5.41) is 0. The molecule has 1 rings (SSSR count). The van der Waals surface area contributed by atoms with Crippen molar-refractivity contribution in [1.29, 1.82) is 0 Å². The molecule has 0 radical (unpaired) electrons. The maximum Gasteiger partial charge on any atom is 0.333 e. The zero-order chi connectivity index (χ0) is 11.8. The Morgan fingerprint density at radius 2 is 1.94 bits per heavy atom. The Bertz CT molecular complexity index is 386. The number of methoxy groups -OCH3 is 1. The SMILES string of the molecule is COC(=O)/C=C/ONC(=O)c1ccccc1. The smallest absolute Gasteiger partial charge is 0.333 e. The first-order valence-corrected chi connectivity index (χ1v) is 4.49. The Hall–Kier alpha value is -2.30. The van der Waals surface area contributed by atoms with E-state index in [0.29, 0.717) is 5.56 Å². The number of hydrogen-bond acceptors (Lipinski definition) is 4. The number of hydrogen-bond donors (Lipinski definition) is 1. The first-order chi connectivity index (χ1) is 7.74. The minimum atomic E-state index is -0.561. The highest BCUT2D eigenvalue weighted by molar-refractivity contribution is 5.93. The van der Waals surface area contributed by atoms with Crippen molar-refractivity contribution in [2.24, 2.45) is 0 Å². The molecule has 1 N–H and O–H groups in total. The molecule has 0 saturated carbocycles. The van der Waals surface area contributed by atoms with E-state index in [4.69, 9.17) is 0 Å². The maximum atomic E-state index is 11.4. The standard InChI is InChI=1S/C11H11NO4/c1-15-10(13)7-8-16-12-11(14)9-5-3-2-4-6-9/h2-8H,1H3,(H,12,14)/b8-7+. The normalized spacial score (nSPS) is 9.81. The quantitative estimate of drug-likeness (QED) is 0.357. The van der Waals surface area contributed by atoms with Gasteiger partial charge in [0, 0.05) is 5.56 Å². The number of amides is 1. The third-order valence-electron chi connectivity index (χ3n) is 1.66. The largest absolute Gasteiger partial charge is 0.466 e. The second kappa shape index (κ2) is 6.23. The van der Waals surface area contributed by atoms with E-state index < -0.39 is 11.9 Å². The van der Waals surface area contributed by atoms with Crippen LogP contribution < -0.4 is 5.48 Å². The van der Waals surface area contributed by atoms with Gasteiger partial charge in [-0.3, -0.25) is 4.79 Å². The lowest BCUT2D eigenvalue weighted by atomic mass is 10.2. The van der Waals surface area contributed by atoms with Crippen LogP contribution >= 0.6 is 0 Å². The number of esters is 1. The van der Waals surface area contributed by atoms with Crippen molar-refractivity contribution in [2.45, 2.75) is 0 Å². The number of carbonyl (C=O) groups excluding carboxylic acids is 2. The van der Waals surface area contributed by atoms with Gasteiger partial charge in [-0.05, 0) is 12.1 Å². The highest BCUT2D eigenvalue weighted by atomic mass is 16.6. The van der Waals surface area contributed by atoms with E-state index in [0.717, 1.165) is 12.3 Å². The van der Waals surface area contributed by atoms with Gasteiger partial charge in [-0.25, -0.2) is 4.79 Å². The number of nitrogens with one attached hydrogen (secondary N) is 1. The van der Waals surface area contributed by atoms with Gasteiger partial charge in [0.1, 0.15) is 6.26 Å². The van der Waals surface area contributed by atoms with Crippen molar-refractivity contribution < 1.29 is 19.2 Å². The molecular formula is C11H11NO4. The molecule has 0 spiro atoms. The highest BCUT2D eigenvalue weighted by Crippen LogP contribution is 1.97. The number of rotatable bonds is 4. The molecule has 5 nitrogen and oxygen atoms in total. The molecule has 16 heavy (non-hydrogen) atoms. The molecule has 84 valence electrons. The molecule has 1 aromatic carbocycles. The summed E-state index contributed by atoms with van der Waals surface area (Å²) < 4.78 is 4.32.